The average molecular weight is 1360 g/mol. The van der Waals surface area contributed by atoms with Crippen LogP contribution >= 0.6 is 12.1 Å². The van der Waals surface area contributed by atoms with Gasteiger partial charge in [-0.2, -0.15) is 3.89 Å². The fourth-order valence-corrected chi connectivity index (χ4v) is 27.8. The molecule has 96 heavy (non-hydrogen) atoms. The van der Waals surface area contributed by atoms with Crippen LogP contribution in [0.5, 0.6) is 0 Å². The summed E-state index contributed by atoms with van der Waals surface area (Å²) in [6.07, 6.45) is 46.9. The lowest BCUT2D eigenvalue weighted by Gasteiger charge is -2.59. The van der Waals surface area contributed by atoms with Gasteiger partial charge in [0.25, 0.3) is 0 Å². The van der Waals surface area contributed by atoms with Gasteiger partial charge in [0, 0.05) is 57.5 Å². The third kappa shape index (κ3) is 14.2. The first-order valence-corrected chi connectivity index (χ1v) is 41.5. The summed E-state index contributed by atoms with van der Waals surface area (Å²) in [7, 11) is 0. The normalized spacial score (nSPS) is 51.3. The summed E-state index contributed by atoms with van der Waals surface area (Å²) in [5.74, 6) is 12.0. The second kappa shape index (κ2) is 27.9. The van der Waals surface area contributed by atoms with Crippen molar-refractivity contribution in [3.05, 3.63) is 34.9 Å². The SMILES string of the molecule is CSF.C[C@H](CCC1(O)CCOC1)[C@H]1CC[C@H]2[C@@H]3CC=C4C[C@@](C)(O)CC[C@]4(C)[C@H]3CC[C@]12C.C[C@H](CC[C@@]1(O)CCOC1)[C@H]1CC[C@H]2[C@@H]3CC=C4C[C@@](C)(O)CC[C@]4(C)[C@H]3CC[C@]12C.C[C@H](CC[C@]1(O)CCOC1)[C@H]1CC[C@H]2[C@@H]3CC=C4C[C@@](C)(O)CC[C@]4(C)[C@H]3CC[C@]12C. The van der Waals surface area contributed by atoms with Crippen molar-refractivity contribution in [1.29, 1.82) is 0 Å². The molecule has 548 valence electrons. The number of hydrogen-bond acceptors (Lipinski definition) is 10. The van der Waals surface area contributed by atoms with Crippen LogP contribution in [0.15, 0.2) is 34.9 Å². The maximum Gasteiger partial charge on any atom is 0.0902 e. The van der Waals surface area contributed by atoms with Crippen LogP contribution in [0.1, 0.15) is 295 Å². The van der Waals surface area contributed by atoms with Gasteiger partial charge in [-0.05, 0) is 335 Å². The first-order chi connectivity index (χ1) is 45.1. The summed E-state index contributed by atoms with van der Waals surface area (Å²) in [5.41, 5.74) is 3.91. The van der Waals surface area contributed by atoms with Gasteiger partial charge in [0.1, 0.15) is 0 Å². The predicted molar refractivity (Wildman–Crippen MR) is 388 cm³/mol. The minimum Gasteiger partial charge on any atom is -0.390 e. The molecular formula is C85H141FO9S. The monoisotopic (exact) mass is 1360 g/mol. The van der Waals surface area contributed by atoms with Crippen molar-refractivity contribution in [2.75, 3.05) is 45.9 Å². The minimum absolute atomic E-state index is 0.250. The van der Waals surface area contributed by atoms with Crippen LogP contribution in [0, 0.1) is 121 Å². The van der Waals surface area contributed by atoms with E-state index < -0.39 is 33.6 Å². The number of fused-ring (bicyclic) bond motifs is 15. The van der Waals surface area contributed by atoms with Gasteiger partial charge in [-0.3, -0.25) is 0 Å². The average Bonchev–Trinajstić information content (AvgIpc) is 0.905. The van der Waals surface area contributed by atoms with Crippen molar-refractivity contribution < 1.29 is 48.7 Å². The zero-order valence-corrected chi connectivity index (χ0v) is 64.0. The number of allylic oxidation sites excluding steroid dienone is 3. The van der Waals surface area contributed by atoms with Crippen LogP contribution in [-0.2, 0) is 14.2 Å². The molecule has 9 nitrogen and oxygen atoms in total. The maximum atomic E-state index is 10.8. The van der Waals surface area contributed by atoms with Gasteiger partial charge in [0.2, 0.25) is 0 Å². The van der Waals surface area contributed by atoms with E-state index in [4.69, 9.17) is 14.2 Å². The highest BCUT2D eigenvalue weighted by Gasteiger charge is 2.64. The fraction of sp³-hybridized carbons (Fsp3) is 0.929. The smallest absolute Gasteiger partial charge is 0.0902 e. The van der Waals surface area contributed by atoms with E-state index in [1.807, 2.05) is 20.8 Å². The van der Waals surface area contributed by atoms with Crippen molar-refractivity contribution in [3.8, 4) is 0 Å². The Morgan fingerprint density at radius 3 is 0.885 bits per heavy atom. The highest BCUT2D eigenvalue weighted by atomic mass is 32.2. The van der Waals surface area contributed by atoms with Crippen molar-refractivity contribution in [2.45, 2.75) is 329 Å². The predicted octanol–water partition coefficient (Wildman–Crippen LogP) is 18.9. The molecule has 15 aliphatic rings. The number of aliphatic hydroxyl groups is 6. The number of halogens is 1. The molecule has 0 radical (unpaired) electrons. The van der Waals surface area contributed by atoms with Crippen molar-refractivity contribution in [2.24, 2.45) is 121 Å². The molecule has 3 saturated heterocycles. The summed E-state index contributed by atoms with van der Waals surface area (Å²) in [6, 6.07) is 0. The van der Waals surface area contributed by atoms with Crippen molar-refractivity contribution in [1.82, 2.24) is 0 Å². The second-order valence-electron chi connectivity index (χ2n) is 39.8. The Hall–Kier alpha value is -0.860. The topological polar surface area (TPSA) is 149 Å². The highest BCUT2D eigenvalue weighted by Crippen LogP contribution is 2.72. The van der Waals surface area contributed by atoms with Crippen LogP contribution in [0.25, 0.3) is 0 Å². The largest absolute Gasteiger partial charge is 0.390 e. The third-order valence-corrected chi connectivity index (χ3v) is 33.9. The summed E-state index contributed by atoms with van der Waals surface area (Å²) in [5, 5.41) is 64.4. The van der Waals surface area contributed by atoms with Gasteiger partial charge < -0.3 is 44.8 Å². The maximum absolute atomic E-state index is 10.8. The summed E-state index contributed by atoms with van der Waals surface area (Å²) < 4.78 is 26.6. The number of ether oxygens (including phenoxy) is 3. The molecule has 0 aromatic rings. The molecule has 3 aliphatic heterocycles. The molecule has 0 spiro atoms. The summed E-state index contributed by atoms with van der Waals surface area (Å²) >= 11 is 0.250. The number of hydrogen-bond donors (Lipinski definition) is 6. The van der Waals surface area contributed by atoms with E-state index in [1.54, 1.807) is 16.7 Å². The molecule has 0 bridgehead atoms. The molecule has 3 heterocycles. The fourth-order valence-electron chi connectivity index (χ4n) is 27.8. The van der Waals surface area contributed by atoms with E-state index in [0.717, 1.165) is 206 Å². The molecule has 12 fully saturated rings. The van der Waals surface area contributed by atoms with E-state index in [0.29, 0.717) is 70.1 Å². The van der Waals surface area contributed by atoms with E-state index in [2.05, 4.69) is 80.5 Å². The Balaban J connectivity index is 0.000000135. The van der Waals surface area contributed by atoms with E-state index >= 15 is 0 Å². The van der Waals surface area contributed by atoms with E-state index in [1.165, 1.54) is 103 Å². The standard InChI is InChI=1S/3C28H46O3.CH3FS/c3*1-19(9-12-28(30)15-16-31-18-28)22-7-8-23-21-6-5-20-17-25(2,29)13-14-26(20,3)24(21)10-11-27(22,23)4;1-3-2/h3*5,19,21-24,29-30H,6-18H2,1-4H3;1H3/t19-,21+,22-,23+,24+,25+,26+,27-,28?;19-,21+,22-,23+,24+,25+,26+,27-,28+;19-,21+,22-,23+,24+,25+,26+,27-,28-;/m111./s1. The quantitative estimate of drug-likeness (QED) is 0.104. The molecule has 0 aromatic carbocycles. The molecule has 0 aromatic heterocycles. The van der Waals surface area contributed by atoms with Gasteiger partial charge in [0.05, 0.1) is 53.4 Å². The molecule has 9 saturated carbocycles. The summed E-state index contributed by atoms with van der Waals surface area (Å²) in [4.78, 5) is 0. The lowest BCUT2D eigenvalue weighted by molar-refractivity contribution is -0.0717. The van der Waals surface area contributed by atoms with Crippen molar-refractivity contribution >= 4 is 12.1 Å². The molecule has 12 aliphatic carbocycles. The van der Waals surface area contributed by atoms with E-state index in [9.17, 15) is 34.5 Å². The second-order valence-corrected chi connectivity index (χ2v) is 40.1. The Labute approximate surface area is 588 Å². The molecule has 0 amide bonds. The van der Waals surface area contributed by atoms with Crippen LogP contribution in [0.2, 0.25) is 0 Å². The lowest BCUT2D eigenvalue weighted by Crippen LogP contribution is -2.52. The van der Waals surface area contributed by atoms with Gasteiger partial charge in [-0.15, -0.1) is 0 Å². The lowest BCUT2D eigenvalue weighted by atomic mass is 9.46. The van der Waals surface area contributed by atoms with Crippen LogP contribution < -0.4 is 0 Å². The van der Waals surface area contributed by atoms with Gasteiger partial charge >= 0.3 is 0 Å². The van der Waals surface area contributed by atoms with Gasteiger partial charge in [-0.1, -0.05) is 97.3 Å². The molecular weight excluding hydrogens is 1220 g/mol. The highest BCUT2D eigenvalue weighted by molar-refractivity contribution is 7.93. The Kier molecular flexibility index (Phi) is 21.7. The first kappa shape index (κ1) is 74.8. The van der Waals surface area contributed by atoms with Gasteiger partial charge in [0.15, 0.2) is 0 Å². The molecule has 1 unspecified atom stereocenters. The molecule has 11 heteroatoms. The molecule has 27 atom stereocenters. The van der Waals surface area contributed by atoms with Gasteiger partial charge in [-0.25, -0.2) is 0 Å². The first-order valence-electron chi connectivity index (χ1n) is 40.4. The van der Waals surface area contributed by atoms with Crippen LogP contribution in [0.3, 0.4) is 0 Å². The molecule has 6 N–H and O–H groups in total. The summed E-state index contributed by atoms with van der Waals surface area (Å²) in [6.45, 7) is 32.8. The molecule has 15 rings (SSSR count). The van der Waals surface area contributed by atoms with Crippen molar-refractivity contribution in [3.63, 3.8) is 0 Å². The Morgan fingerprint density at radius 1 is 0.385 bits per heavy atom. The van der Waals surface area contributed by atoms with E-state index in [-0.39, 0.29) is 12.1 Å². The zero-order valence-electron chi connectivity index (χ0n) is 63.2. The Bertz CT molecular complexity index is 2480. The number of rotatable bonds is 12. The third-order valence-electron chi connectivity index (χ3n) is 33.9. The zero-order chi connectivity index (χ0) is 68.9. The Morgan fingerprint density at radius 2 is 0.646 bits per heavy atom. The van der Waals surface area contributed by atoms with Crippen LogP contribution in [-0.4, -0.2) is 110 Å². The van der Waals surface area contributed by atoms with Crippen LogP contribution in [0.4, 0.5) is 3.89 Å². The minimum atomic E-state index is -0.563.